The number of nitrogens with one attached hydrogen (secondary N) is 2. The Morgan fingerprint density at radius 3 is 2.53 bits per heavy atom. The smallest absolute Gasteiger partial charge is 0.161 e. The summed E-state index contributed by atoms with van der Waals surface area (Å²) < 4.78 is 14.2. The Balaban J connectivity index is 2.44. The second-order valence-electron chi connectivity index (χ2n) is 3.52. The van der Waals surface area contributed by atoms with E-state index in [4.69, 9.17) is 29.0 Å². The van der Waals surface area contributed by atoms with E-state index in [0.29, 0.717) is 4.47 Å². The maximum atomic E-state index is 13.7. The molecule has 0 amide bonds. The number of hydrazine groups is 1. The topological polar surface area (TPSA) is 63.0 Å². The zero-order chi connectivity index (χ0) is 14.0. The van der Waals surface area contributed by atoms with Gasteiger partial charge in [-0.15, -0.1) is 0 Å². The van der Waals surface area contributed by atoms with Crippen molar-refractivity contribution in [1.82, 2.24) is 4.98 Å². The van der Waals surface area contributed by atoms with E-state index in [1.807, 2.05) is 0 Å². The first-order chi connectivity index (χ1) is 9.02. The molecule has 0 atom stereocenters. The minimum atomic E-state index is -0.440. The average Bonchev–Trinajstić information content (AvgIpc) is 2.36. The Kier molecular flexibility index (Phi) is 4.46. The molecule has 4 nitrogen and oxygen atoms in total. The van der Waals surface area contributed by atoms with Crippen LogP contribution in [0.3, 0.4) is 0 Å². The highest BCUT2D eigenvalue weighted by Gasteiger charge is 2.12. The predicted octanol–water partition coefficient (Wildman–Crippen LogP) is 4.32. The van der Waals surface area contributed by atoms with Crippen molar-refractivity contribution >= 4 is 56.5 Å². The van der Waals surface area contributed by atoms with Gasteiger partial charge in [0.15, 0.2) is 11.6 Å². The van der Waals surface area contributed by atoms with Crippen molar-refractivity contribution in [3.05, 3.63) is 44.6 Å². The Bertz CT molecular complexity index is 604. The van der Waals surface area contributed by atoms with Gasteiger partial charge in [0.1, 0.15) is 5.82 Å². The van der Waals surface area contributed by atoms with E-state index in [-0.39, 0.29) is 27.4 Å². The van der Waals surface area contributed by atoms with Crippen LogP contribution in [0, 0.1) is 5.82 Å². The molecular formula is C11H8BrCl2FN4. The van der Waals surface area contributed by atoms with E-state index in [1.165, 1.54) is 12.1 Å². The van der Waals surface area contributed by atoms with Gasteiger partial charge in [-0.3, -0.25) is 0 Å². The van der Waals surface area contributed by atoms with Gasteiger partial charge in [-0.2, -0.15) is 0 Å². The normalized spacial score (nSPS) is 10.4. The molecule has 0 radical (unpaired) electrons. The highest BCUT2D eigenvalue weighted by Crippen LogP contribution is 2.33. The highest BCUT2D eigenvalue weighted by molar-refractivity contribution is 9.10. The molecule has 2 rings (SSSR count). The van der Waals surface area contributed by atoms with Gasteiger partial charge >= 0.3 is 0 Å². The number of nitrogens with zero attached hydrogens (tertiary/aromatic N) is 1. The summed E-state index contributed by atoms with van der Waals surface area (Å²) in [5.74, 6) is 5.31. The SMILES string of the molecule is NNc1nc(Nc2c(F)cccc2Br)c(Cl)cc1Cl. The third-order valence-electron chi connectivity index (χ3n) is 2.27. The molecule has 1 heterocycles. The Hall–Kier alpha value is -1.08. The fraction of sp³-hybridized carbons (Fsp3) is 0. The molecule has 0 aliphatic rings. The summed E-state index contributed by atoms with van der Waals surface area (Å²) in [5, 5.41) is 3.31. The highest BCUT2D eigenvalue weighted by atomic mass is 79.9. The summed E-state index contributed by atoms with van der Waals surface area (Å²) in [6.07, 6.45) is 0. The van der Waals surface area contributed by atoms with Crippen LogP contribution in [0.2, 0.25) is 10.0 Å². The number of pyridine rings is 1. The van der Waals surface area contributed by atoms with Gasteiger partial charge < -0.3 is 10.7 Å². The lowest BCUT2D eigenvalue weighted by Gasteiger charge is -2.12. The summed E-state index contributed by atoms with van der Waals surface area (Å²) in [7, 11) is 0. The van der Waals surface area contributed by atoms with E-state index >= 15 is 0 Å². The Labute approximate surface area is 127 Å². The van der Waals surface area contributed by atoms with Crippen LogP contribution < -0.4 is 16.6 Å². The lowest BCUT2D eigenvalue weighted by atomic mass is 10.3. The fourth-order valence-electron chi connectivity index (χ4n) is 1.39. The number of para-hydroxylation sites is 1. The van der Waals surface area contributed by atoms with Crippen LogP contribution in [0.25, 0.3) is 0 Å². The van der Waals surface area contributed by atoms with E-state index in [9.17, 15) is 4.39 Å². The molecule has 0 aliphatic carbocycles. The lowest BCUT2D eigenvalue weighted by Crippen LogP contribution is -2.10. The molecule has 0 bridgehead atoms. The van der Waals surface area contributed by atoms with Crippen LogP contribution in [0.1, 0.15) is 0 Å². The number of nitrogen functional groups attached to an aromatic ring is 1. The predicted molar refractivity (Wildman–Crippen MR) is 79.4 cm³/mol. The van der Waals surface area contributed by atoms with Crippen molar-refractivity contribution in [2.75, 3.05) is 10.7 Å². The summed E-state index contributed by atoms with van der Waals surface area (Å²) in [4.78, 5) is 4.07. The van der Waals surface area contributed by atoms with Crippen LogP contribution in [0.4, 0.5) is 21.7 Å². The van der Waals surface area contributed by atoms with Crippen LogP contribution in [-0.2, 0) is 0 Å². The molecule has 0 unspecified atom stereocenters. The fourth-order valence-corrected chi connectivity index (χ4v) is 2.29. The Morgan fingerprint density at radius 1 is 1.21 bits per heavy atom. The molecule has 4 N–H and O–H groups in total. The summed E-state index contributed by atoms with van der Waals surface area (Å²) in [6.45, 7) is 0. The molecule has 2 aromatic rings. The summed E-state index contributed by atoms with van der Waals surface area (Å²) in [6, 6.07) is 6.05. The van der Waals surface area contributed by atoms with Gasteiger partial charge in [0.2, 0.25) is 0 Å². The number of aromatic nitrogens is 1. The van der Waals surface area contributed by atoms with Gasteiger partial charge in [-0.05, 0) is 34.1 Å². The average molecular weight is 366 g/mol. The van der Waals surface area contributed by atoms with Gasteiger partial charge in [-0.25, -0.2) is 15.2 Å². The van der Waals surface area contributed by atoms with Crippen LogP contribution in [-0.4, -0.2) is 4.98 Å². The molecule has 8 heteroatoms. The van der Waals surface area contributed by atoms with E-state index < -0.39 is 5.82 Å². The zero-order valence-electron chi connectivity index (χ0n) is 9.35. The minimum absolute atomic E-state index is 0.224. The first-order valence-corrected chi connectivity index (χ1v) is 6.61. The number of halogens is 4. The van der Waals surface area contributed by atoms with E-state index in [0.717, 1.165) is 0 Å². The van der Waals surface area contributed by atoms with Crippen molar-refractivity contribution in [2.45, 2.75) is 0 Å². The monoisotopic (exact) mass is 364 g/mol. The molecule has 0 saturated carbocycles. The van der Waals surface area contributed by atoms with E-state index in [1.54, 1.807) is 12.1 Å². The number of hydrogen-bond donors (Lipinski definition) is 3. The second-order valence-corrected chi connectivity index (χ2v) is 5.18. The number of anilines is 3. The van der Waals surface area contributed by atoms with Crippen molar-refractivity contribution in [3.63, 3.8) is 0 Å². The molecule has 0 saturated heterocycles. The van der Waals surface area contributed by atoms with Crippen molar-refractivity contribution < 1.29 is 4.39 Å². The first kappa shape index (κ1) is 14.3. The standard InChI is InChI=1S/C11H8BrCl2FN4/c12-5-2-1-3-8(15)9(5)17-10-6(13)4-7(14)11(18-10)19-16/h1-4H,16H2,(H2,17,18,19). The summed E-state index contributed by atoms with van der Waals surface area (Å²) in [5.41, 5.74) is 2.55. The molecule has 100 valence electrons. The quantitative estimate of drug-likeness (QED) is 0.560. The number of nitrogens with two attached hydrogens (primary N) is 1. The third kappa shape index (κ3) is 3.09. The molecule has 0 spiro atoms. The minimum Gasteiger partial charge on any atom is -0.336 e. The molecule has 1 aromatic carbocycles. The van der Waals surface area contributed by atoms with Gasteiger partial charge in [0.25, 0.3) is 0 Å². The summed E-state index contributed by atoms with van der Waals surface area (Å²) >= 11 is 15.1. The van der Waals surface area contributed by atoms with Gasteiger partial charge in [0.05, 0.1) is 15.7 Å². The van der Waals surface area contributed by atoms with Crippen molar-refractivity contribution in [3.8, 4) is 0 Å². The first-order valence-electron chi connectivity index (χ1n) is 5.06. The third-order valence-corrected chi connectivity index (χ3v) is 3.51. The maximum absolute atomic E-state index is 13.7. The van der Waals surface area contributed by atoms with Crippen molar-refractivity contribution in [1.29, 1.82) is 0 Å². The number of hydrogen-bond acceptors (Lipinski definition) is 4. The number of benzene rings is 1. The zero-order valence-corrected chi connectivity index (χ0v) is 12.4. The molecular weight excluding hydrogens is 358 g/mol. The van der Waals surface area contributed by atoms with Crippen LogP contribution in [0.15, 0.2) is 28.7 Å². The van der Waals surface area contributed by atoms with Gasteiger partial charge in [-0.1, -0.05) is 29.3 Å². The number of rotatable bonds is 3. The Morgan fingerprint density at radius 2 is 1.89 bits per heavy atom. The van der Waals surface area contributed by atoms with E-state index in [2.05, 4.69) is 31.7 Å². The molecule has 1 aromatic heterocycles. The lowest BCUT2D eigenvalue weighted by molar-refractivity contribution is 0.631. The molecule has 0 fully saturated rings. The molecule has 19 heavy (non-hydrogen) atoms. The maximum Gasteiger partial charge on any atom is 0.161 e. The molecule has 0 aliphatic heterocycles. The van der Waals surface area contributed by atoms with Crippen LogP contribution >= 0.6 is 39.1 Å². The largest absolute Gasteiger partial charge is 0.336 e. The van der Waals surface area contributed by atoms with Crippen molar-refractivity contribution in [2.24, 2.45) is 5.84 Å². The van der Waals surface area contributed by atoms with Crippen LogP contribution in [0.5, 0.6) is 0 Å². The second kappa shape index (κ2) is 5.92. The van der Waals surface area contributed by atoms with Gasteiger partial charge in [0, 0.05) is 4.47 Å².